The van der Waals surface area contributed by atoms with Gasteiger partial charge in [0.25, 0.3) is 5.88 Å². The van der Waals surface area contributed by atoms with Crippen LogP contribution in [0.1, 0.15) is 58.3 Å². The number of aromatic nitrogens is 4. The molecule has 0 N–H and O–H groups in total. The van der Waals surface area contributed by atoms with Crippen LogP contribution >= 0.6 is 0 Å². The molecular weight excluding hydrogens is 422 g/mol. The van der Waals surface area contributed by atoms with E-state index in [1.54, 1.807) is 6.20 Å². The van der Waals surface area contributed by atoms with Crippen LogP contribution in [-0.2, 0) is 11.4 Å². The van der Waals surface area contributed by atoms with Gasteiger partial charge in [-0.3, -0.25) is 4.98 Å². The molecule has 0 fully saturated rings. The molecule has 8 heteroatoms. The monoisotopic (exact) mass is 455 g/mol. The van der Waals surface area contributed by atoms with Crippen molar-refractivity contribution < 1.29 is 9.29 Å². The van der Waals surface area contributed by atoms with Crippen LogP contribution in [0.3, 0.4) is 0 Å². The molecule has 0 aliphatic heterocycles. The van der Waals surface area contributed by atoms with Gasteiger partial charge < -0.3 is 13.7 Å². The lowest BCUT2D eigenvalue weighted by atomic mass is 10.0. The van der Waals surface area contributed by atoms with Gasteiger partial charge in [-0.25, -0.2) is 9.97 Å². The van der Waals surface area contributed by atoms with Crippen molar-refractivity contribution in [2.45, 2.75) is 58.8 Å². The Bertz CT molecular complexity index is 1080. The lowest BCUT2D eigenvalue weighted by Crippen LogP contribution is -2.44. The smallest absolute Gasteiger partial charge is 0.258 e. The van der Waals surface area contributed by atoms with Crippen LogP contribution in [0.25, 0.3) is 16.9 Å². The van der Waals surface area contributed by atoms with Crippen molar-refractivity contribution in [1.82, 2.24) is 23.7 Å². The van der Waals surface area contributed by atoms with E-state index in [1.807, 2.05) is 68.0 Å². The molecule has 3 heterocycles. The largest absolute Gasteiger partial charge is 0.597 e. The minimum Gasteiger partial charge on any atom is -0.597 e. The maximum absolute atomic E-state index is 13.1. The number of pyridine rings is 1. The maximum atomic E-state index is 13.1. The first-order valence-electron chi connectivity index (χ1n) is 10.9. The minimum atomic E-state index is -1.13. The Labute approximate surface area is 193 Å². The van der Waals surface area contributed by atoms with E-state index in [4.69, 9.17) is 9.72 Å². The van der Waals surface area contributed by atoms with Crippen molar-refractivity contribution in [3.8, 4) is 17.1 Å². The quantitative estimate of drug-likeness (QED) is 0.259. The van der Waals surface area contributed by atoms with Crippen LogP contribution in [-0.4, -0.2) is 46.1 Å². The molecule has 0 aliphatic rings. The molecule has 0 aliphatic carbocycles. The maximum Gasteiger partial charge on any atom is 0.258 e. The molecular formula is C24H33N5O2S. The van der Waals surface area contributed by atoms with Crippen LogP contribution in [0.4, 0.5) is 0 Å². The Morgan fingerprint density at radius 1 is 1.34 bits per heavy atom. The predicted octanol–water partition coefficient (Wildman–Crippen LogP) is 4.90. The second-order valence-corrected chi connectivity index (χ2v) is 10.9. The van der Waals surface area contributed by atoms with Crippen molar-refractivity contribution in [2.75, 3.05) is 13.2 Å². The van der Waals surface area contributed by atoms with Gasteiger partial charge in [0.1, 0.15) is 4.75 Å². The van der Waals surface area contributed by atoms with E-state index in [9.17, 15) is 4.55 Å². The van der Waals surface area contributed by atoms with Crippen molar-refractivity contribution in [2.24, 2.45) is 0 Å². The Morgan fingerprint density at radius 3 is 2.75 bits per heavy atom. The van der Waals surface area contributed by atoms with Crippen LogP contribution in [0, 0.1) is 6.92 Å². The van der Waals surface area contributed by atoms with Gasteiger partial charge in [0.2, 0.25) is 5.65 Å². The van der Waals surface area contributed by atoms with E-state index >= 15 is 0 Å². The molecule has 0 bridgehead atoms. The van der Waals surface area contributed by atoms with Crippen molar-refractivity contribution >= 4 is 17.0 Å². The Hall–Kier alpha value is -2.42. The summed E-state index contributed by atoms with van der Waals surface area (Å²) in [6, 6.07) is 2.03. The van der Waals surface area contributed by atoms with E-state index in [0.717, 1.165) is 28.9 Å². The van der Waals surface area contributed by atoms with E-state index in [0.29, 0.717) is 24.7 Å². The molecule has 0 radical (unpaired) electrons. The van der Waals surface area contributed by atoms with Gasteiger partial charge in [-0.05, 0) is 59.6 Å². The number of fused-ring (bicyclic) bond motifs is 1. The van der Waals surface area contributed by atoms with Gasteiger partial charge in [-0.2, -0.15) is 0 Å². The van der Waals surface area contributed by atoms with Crippen molar-refractivity contribution in [3.63, 3.8) is 0 Å². The first kappa shape index (κ1) is 24.2. The highest BCUT2D eigenvalue weighted by molar-refractivity contribution is 7.90. The third kappa shape index (κ3) is 5.14. The third-order valence-electron chi connectivity index (χ3n) is 5.25. The highest BCUT2D eigenvalue weighted by Gasteiger charge is 2.36. The first-order valence-corrected chi connectivity index (χ1v) is 12.0. The molecule has 172 valence electrons. The molecule has 0 aromatic carbocycles. The fraction of sp³-hybridized carbons (Fsp3) is 0.458. The summed E-state index contributed by atoms with van der Waals surface area (Å²) in [5.41, 5.74) is 4.20. The summed E-state index contributed by atoms with van der Waals surface area (Å²) in [5.74, 6) is 0.483. The van der Waals surface area contributed by atoms with Gasteiger partial charge in [0.05, 0.1) is 18.3 Å². The second kappa shape index (κ2) is 10.0. The first-order chi connectivity index (χ1) is 15.2. The van der Waals surface area contributed by atoms with E-state index < -0.39 is 11.4 Å². The van der Waals surface area contributed by atoms with E-state index in [-0.39, 0.29) is 10.8 Å². The SMILES string of the molecule is C=CCCOc1nc(-c2cc([C@@H](C)N(CC)[S+]([O-])C(C)(C)C)cnc2C)cn2ccnc12. The zero-order chi connectivity index (χ0) is 23.5. The number of aryl methyl sites for hydroxylation is 1. The number of ether oxygens (including phenoxy) is 1. The summed E-state index contributed by atoms with van der Waals surface area (Å²) in [7, 11) is 0. The van der Waals surface area contributed by atoms with E-state index in [1.165, 1.54) is 0 Å². The zero-order valence-corrected chi connectivity index (χ0v) is 20.6. The lowest BCUT2D eigenvalue weighted by Gasteiger charge is -2.35. The van der Waals surface area contributed by atoms with Crippen LogP contribution < -0.4 is 4.74 Å². The minimum absolute atomic E-state index is 0.0628. The molecule has 0 amide bonds. The van der Waals surface area contributed by atoms with Gasteiger partial charge in [-0.1, -0.05) is 6.08 Å². The number of imidazole rings is 1. The summed E-state index contributed by atoms with van der Waals surface area (Å²) in [6.07, 6.45) is 9.94. The predicted molar refractivity (Wildman–Crippen MR) is 130 cm³/mol. The molecule has 3 aromatic heterocycles. The molecule has 0 saturated heterocycles. The molecule has 3 rings (SSSR count). The summed E-state index contributed by atoms with van der Waals surface area (Å²) < 4.78 is 22.6. The normalized spacial score (nSPS) is 14.0. The summed E-state index contributed by atoms with van der Waals surface area (Å²) in [4.78, 5) is 13.8. The Morgan fingerprint density at radius 2 is 2.09 bits per heavy atom. The standard InChI is InChI=1S/C24H33N5O2S/c1-8-10-13-31-23-22-25-11-12-28(22)16-21(27-23)20-14-19(15-26-17(20)3)18(4)29(9-2)32(30)24(5,6)7/h8,11-12,14-16,18H,1,9-10,13H2,2-7H3/t18-,32?/m1/s1. The summed E-state index contributed by atoms with van der Waals surface area (Å²) in [6.45, 7) is 17.0. The summed E-state index contributed by atoms with van der Waals surface area (Å²) >= 11 is -1.13. The van der Waals surface area contributed by atoms with E-state index in [2.05, 4.69) is 29.5 Å². The fourth-order valence-corrected chi connectivity index (χ4v) is 4.81. The second-order valence-electron chi connectivity index (χ2n) is 8.69. The topological polar surface area (TPSA) is 78.6 Å². The van der Waals surface area contributed by atoms with Gasteiger partial charge in [0.15, 0.2) is 0 Å². The molecule has 2 atom stereocenters. The highest BCUT2D eigenvalue weighted by Crippen LogP contribution is 2.32. The van der Waals surface area contributed by atoms with Crippen molar-refractivity contribution in [1.29, 1.82) is 0 Å². The Kier molecular flexibility index (Phi) is 7.59. The van der Waals surface area contributed by atoms with Gasteiger partial charge in [-0.15, -0.1) is 10.9 Å². The number of nitrogens with zero attached hydrogens (tertiary/aromatic N) is 5. The van der Waals surface area contributed by atoms with Gasteiger partial charge in [0, 0.05) is 54.0 Å². The molecule has 0 spiro atoms. The fourth-order valence-electron chi connectivity index (χ4n) is 3.46. The average Bonchev–Trinajstić information content (AvgIpc) is 3.22. The van der Waals surface area contributed by atoms with Crippen molar-refractivity contribution in [3.05, 3.63) is 54.8 Å². The highest BCUT2D eigenvalue weighted by atomic mass is 32.2. The molecule has 32 heavy (non-hydrogen) atoms. The number of rotatable bonds is 9. The molecule has 0 saturated carbocycles. The summed E-state index contributed by atoms with van der Waals surface area (Å²) in [5, 5.41) is 0. The number of hydrogen-bond donors (Lipinski definition) is 0. The van der Waals surface area contributed by atoms with Crippen LogP contribution in [0.2, 0.25) is 0 Å². The molecule has 3 aromatic rings. The molecule has 7 nitrogen and oxygen atoms in total. The lowest BCUT2D eigenvalue weighted by molar-refractivity contribution is 0.315. The third-order valence-corrected chi connectivity index (χ3v) is 7.30. The van der Waals surface area contributed by atoms with Crippen LogP contribution in [0.5, 0.6) is 5.88 Å². The zero-order valence-electron chi connectivity index (χ0n) is 19.8. The Balaban J connectivity index is 2.01. The average molecular weight is 456 g/mol. The number of hydrogen-bond acceptors (Lipinski definition) is 6. The van der Waals surface area contributed by atoms with Crippen LogP contribution in [0.15, 0.2) is 43.5 Å². The molecule has 1 unspecified atom stereocenters. The van der Waals surface area contributed by atoms with Gasteiger partial charge >= 0.3 is 0 Å².